The minimum Gasteiger partial charge on any atom is -0.480 e. The summed E-state index contributed by atoms with van der Waals surface area (Å²) in [5.74, 6) is -0.0179. The summed E-state index contributed by atoms with van der Waals surface area (Å²) in [7, 11) is 0. The lowest BCUT2D eigenvalue weighted by molar-refractivity contribution is -0.138. The number of aliphatic carboxylic acids is 1. The van der Waals surface area contributed by atoms with E-state index in [9.17, 15) is 9.90 Å². The van der Waals surface area contributed by atoms with Crippen molar-refractivity contribution in [3.05, 3.63) is 101 Å². The number of aryl methyl sites for hydroxylation is 1. The molecule has 1 N–H and O–H groups in total. The molecule has 6 nitrogen and oxygen atoms in total. The van der Waals surface area contributed by atoms with E-state index in [1.165, 1.54) is 39.8 Å². The summed E-state index contributed by atoms with van der Waals surface area (Å²) in [5, 5.41) is 11.4. The summed E-state index contributed by atoms with van der Waals surface area (Å²) in [5.41, 5.74) is 5.04. The number of rotatable bonds is 11. The van der Waals surface area contributed by atoms with Crippen molar-refractivity contribution in [2.24, 2.45) is 0 Å². The van der Waals surface area contributed by atoms with Crippen molar-refractivity contribution in [2.45, 2.75) is 42.3 Å². The summed E-state index contributed by atoms with van der Waals surface area (Å²) in [6.45, 7) is 12.1. The van der Waals surface area contributed by atoms with Crippen LogP contribution >= 0.6 is 23.1 Å². The van der Waals surface area contributed by atoms with Gasteiger partial charge >= 0.3 is 5.97 Å². The zero-order valence-electron chi connectivity index (χ0n) is 20.8. The van der Waals surface area contributed by atoms with Gasteiger partial charge in [0.2, 0.25) is 5.69 Å². The molecule has 0 bridgehead atoms. The molecule has 0 atom stereocenters. The Labute approximate surface area is 225 Å². The van der Waals surface area contributed by atoms with E-state index < -0.39 is 10.7 Å². The monoisotopic (exact) mass is 528 g/mol. The molecule has 0 fully saturated rings. The van der Waals surface area contributed by atoms with Crippen LogP contribution in [0.15, 0.2) is 82.6 Å². The van der Waals surface area contributed by atoms with Crippen molar-refractivity contribution in [3.63, 3.8) is 0 Å². The third-order valence-electron chi connectivity index (χ3n) is 5.87. The molecule has 4 aromatic rings. The molecule has 2 heterocycles. The van der Waals surface area contributed by atoms with E-state index in [-0.39, 0.29) is 0 Å². The first kappa shape index (κ1) is 26.4. The average molecular weight is 529 g/mol. The molecular weight excluding hydrogens is 500 g/mol. The van der Waals surface area contributed by atoms with E-state index in [1.807, 2.05) is 29.6 Å². The molecule has 0 aliphatic rings. The smallest absolute Gasteiger partial charge is 0.319 e. The molecule has 0 saturated heterocycles. The van der Waals surface area contributed by atoms with Crippen LogP contribution in [0, 0.1) is 6.57 Å². The van der Waals surface area contributed by atoms with Crippen molar-refractivity contribution < 1.29 is 9.90 Å². The van der Waals surface area contributed by atoms with E-state index in [2.05, 4.69) is 56.1 Å². The number of thiazole rings is 1. The highest BCUT2D eigenvalue weighted by molar-refractivity contribution is 8.03. The summed E-state index contributed by atoms with van der Waals surface area (Å²) in [6.07, 6.45) is 3.26. The van der Waals surface area contributed by atoms with Gasteiger partial charge in [0.25, 0.3) is 0 Å². The molecule has 0 spiro atoms. The molecule has 0 radical (unpaired) electrons. The van der Waals surface area contributed by atoms with Crippen molar-refractivity contribution in [3.8, 4) is 11.1 Å². The zero-order chi connectivity index (χ0) is 26.3. The van der Waals surface area contributed by atoms with Crippen LogP contribution in [0.3, 0.4) is 0 Å². The van der Waals surface area contributed by atoms with Crippen LogP contribution < -0.4 is 4.90 Å². The Hall–Kier alpha value is -3.67. The number of nitrogens with zero attached hydrogens (tertiary/aromatic N) is 4. The molecule has 37 heavy (non-hydrogen) atoms. The third kappa shape index (κ3) is 7.19. The summed E-state index contributed by atoms with van der Waals surface area (Å²) in [6, 6.07) is 22.6. The number of carboxylic acids is 1. The second kappa shape index (κ2) is 12.0. The Morgan fingerprint density at radius 2 is 1.81 bits per heavy atom. The van der Waals surface area contributed by atoms with E-state index in [1.54, 1.807) is 26.1 Å². The average Bonchev–Trinajstić information content (AvgIpc) is 3.35. The SMILES string of the molecule is [C-]#[N+]c1ccc(N(CCCc2csc(SC(C)(C)C(=O)O)n2)Cc2ccc(-c3ccccc3)cc2)nc1. The molecule has 2 aromatic heterocycles. The highest BCUT2D eigenvalue weighted by Gasteiger charge is 2.29. The Balaban J connectivity index is 1.43. The highest BCUT2D eigenvalue weighted by Crippen LogP contribution is 2.35. The van der Waals surface area contributed by atoms with E-state index in [4.69, 9.17) is 6.57 Å². The molecule has 2 aromatic carbocycles. The lowest BCUT2D eigenvalue weighted by Crippen LogP contribution is -2.26. The van der Waals surface area contributed by atoms with Crippen molar-refractivity contribution in [1.82, 2.24) is 9.97 Å². The number of pyridine rings is 1. The third-order valence-corrected chi connectivity index (χ3v) is 8.04. The number of carbonyl (C=O) groups is 1. The van der Waals surface area contributed by atoms with Gasteiger partial charge in [-0.15, -0.1) is 11.3 Å². The van der Waals surface area contributed by atoms with Crippen LogP contribution in [-0.2, 0) is 17.8 Å². The van der Waals surface area contributed by atoms with Crippen LogP contribution in [0.5, 0.6) is 0 Å². The molecule has 0 amide bonds. The number of aromatic nitrogens is 2. The standard InChI is InChI=1S/C29H28N4O2S2/c1-29(2,27(34)35)37-28-32-25(20-36-28)10-7-17-33(26-16-15-24(30-3)18-31-26)19-21-11-13-23(14-12-21)22-8-5-4-6-9-22/h4-6,8-9,11-16,18,20H,7,10,17,19H2,1-2H3,(H,34,35). The van der Waals surface area contributed by atoms with Crippen molar-refractivity contribution in [1.29, 1.82) is 0 Å². The van der Waals surface area contributed by atoms with Gasteiger partial charge in [0.1, 0.15) is 10.6 Å². The Bertz CT molecular complexity index is 1360. The Morgan fingerprint density at radius 3 is 2.46 bits per heavy atom. The highest BCUT2D eigenvalue weighted by atomic mass is 32.2. The number of carboxylic acid groups (broad SMARTS) is 1. The van der Waals surface area contributed by atoms with Gasteiger partial charge in [-0.2, -0.15) is 0 Å². The van der Waals surface area contributed by atoms with Crippen LogP contribution in [-0.4, -0.2) is 32.3 Å². The number of thioether (sulfide) groups is 1. The second-order valence-electron chi connectivity index (χ2n) is 9.10. The largest absolute Gasteiger partial charge is 0.480 e. The Kier molecular flexibility index (Phi) is 8.59. The van der Waals surface area contributed by atoms with Gasteiger partial charge in [-0.25, -0.2) is 9.83 Å². The van der Waals surface area contributed by atoms with E-state index in [0.29, 0.717) is 12.2 Å². The lowest BCUT2D eigenvalue weighted by atomic mass is 10.0. The molecule has 0 unspecified atom stereocenters. The van der Waals surface area contributed by atoms with Crippen LogP contribution in [0.25, 0.3) is 16.0 Å². The normalized spacial score (nSPS) is 11.2. The number of benzene rings is 2. The fraction of sp³-hybridized carbons (Fsp3) is 0.241. The number of hydrogen-bond acceptors (Lipinski definition) is 6. The number of anilines is 1. The fourth-order valence-electron chi connectivity index (χ4n) is 3.72. The van der Waals surface area contributed by atoms with Gasteiger partial charge in [0.05, 0.1) is 12.3 Å². The molecule has 0 aliphatic carbocycles. The first-order chi connectivity index (χ1) is 17.8. The molecular formula is C29H28N4O2S2. The van der Waals surface area contributed by atoms with Crippen LogP contribution in [0.4, 0.5) is 11.5 Å². The van der Waals surface area contributed by atoms with Crippen molar-refractivity contribution in [2.75, 3.05) is 11.4 Å². The topological polar surface area (TPSA) is 70.7 Å². The van der Waals surface area contributed by atoms with Crippen LogP contribution in [0.1, 0.15) is 31.5 Å². The van der Waals surface area contributed by atoms with Gasteiger partial charge < -0.3 is 10.0 Å². The molecule has 4 rings (SSSR count). The lowest BCUT2D eigenvalue weighted by Gasteiger charge is -2.24. The molecule has 0 saturated carbocycles. The molecule has 8 heteroatoms. The Morgan fingerprint density at radius 1 is 1.08 bits per heavy atom. The maximum Gasteiger partial charge on any atom is 0.319 e. The minimum absolute atomic E-state index is 0.521. The first-order valence-electron chi connectivity index (χ1n) is 11.9. The van der Waals surface area contributed by atoms with E-state index >= 15 is 0 Å². The quantitative estimate of drug-likeness (QED) is 0.162. The number of hydrogen-bond donors (Lipinski definition) is 1. The summed E-state index contributed by atoms with van der Waals surface area (Å²) >= 11 is 2.77. The van der Waals surface area contributed by atoms with Crippen molar-refractivity contribution >= 4 is 40.6 Å². The fourth-order valence-corrected chi connectivity index (χ4v) is 5.95. The maximum absolute atomic E-state index is 11.4. The van der Waals surface area contributed by atoms with Gasteiger partial charge in [0, 0.05) is 24.7 Å². The summed E-state index contributed by atoms with van der Waals surface area (Å²) in [4.78, 5) is 26.3. The zero-order valence-corrected chi connectivity index (χ0v) is 22.4. The van der Waals surface area contributed by atoms with Gasteiger partial charge in [-0.1, -0.05) is 72.4 Å². The first-order valence-corrected chi connectivity index (χ1v) is 13.6. The predicted octanol–water partition coefficient (Wildman–Crippen LogP) is 7.35. The van der Waals surface area contributed by atoms with Gasteiger partial charge in [0.15, 0.2) is 4.34 Å². The molecule has 188 valence electrons. The maximum atomic E-state index is 11.4. The van der Waals surface area contributed by atoms with Gasteiger partial charge in [-0.3, -0.25) is 9.78 Å². The van der Waals surface area contributed by atoms with Crippen LogP contribution in [0.2, 0.25) is 0 Å². The summed E-state index contributed by atoms with van der Waals surface area (Å²) < 4.78 is -0.139. The minimum atomic E-state index is -0.912. The van der Waals surface area contributed by atoms with E-state index in [0.717, 1.165) is 35.2 Å². The second-order valence-corrected chi connectivity index (χ2v) is 11.8. The predicted molar refractivity (Wildman–Crippen MR) is 151 cm³/mol. The molecule has 0 aliphatic heterocycles. The van der Waals surface area contributed by atoms with Gasteiger partial charge in [-0.05, 0) is 49.4 Å².